The number of rotatable bonds is 9. The van der Waals surface area contributed by atoms with Crippen LogP contribution in [-0.2, 0) is 20.7 Å². The molecule has 0 fully saturated rings. The number of aryl methyl sites for hydroxylation is 1. The molecule has 1 aromatic carbocycles. The number of carbonyl (C=O) groups is 3. The summed E-state index contributed by atoms with van der Waals surface area (Å²) in [5.41, 5.74) is 1.21. The van der Waals surface area contributed by atoms with Crippen LogP contribution in [0.4, 0.5) is 4.79 Å². The third-order valence-electron chi connectivity index (χ3n) is 5.08. The summed E-state index contributed by atoms with van der Waals surface area (Å²) in [4.78, 5) is 40.7. The minimum Gasteiger partial charge on any atom is -0.444 e. The van der Waals surface area contributed by atoms with E-state index >= 15 is 0 Å². The number of amides is 3. The van der Waals surface area contributed by atoms with E-state index in [1.165, 1.54) is 0 Å². The molecule has 3 atom stereocenters. The Labute approximate surface area is 193 Å². The summed E-state index contributed by atoms with van der Waals surface area (Å²) in [7, 11) is 0. The predicted octanol–water partition coefficient (Wildman–Crippen LogP) is 4.36. The van der Waals surface area contributed by atoms with Crippen LogP contribution < -0.4 is 10.6 Å². The molecule has 180 valence electrons. The molecule has 3 amide bonds. The maximum atomic E-state index is 13.5. The zero-order chi connectivity index (χ0) is 24.6. The first-order valence-electron chi connectivity index (χ1n) is 11.5. The normalized spacial score (nSPS) is 14.3. The molecule has 0 saturated heterocycles. The lowest BCUT2D eigenvalue weighted by Crippen LogP contribution is -2.55. The van der Waals surface area contributed by atoms with Gasteiger partial charge in [0.25, 0.3) is 0 Å². The van der Waals surface area contributed by atoms with Crippen LogP contribution in [0.2, 0.25) is 0 Å². The van der Waals surface area contributed by atoms with Gasteiger partial charge in [-0.3, -0.25) is 9.59 Å². The van der Waals surface area contributed by atoms with Gasteiger partial charge in [0.05, 0.1) is 0 Å². The molecule has 32 heavy (non-hydrogen) atoms. The molecule has 0 aliphatic heterocycles. The van der Waals surface area contributed by atoms with Crippen molar-refractivity contribution in [2.45, 2.75) is 105 Å². The highest BCUT2D eigenvalue weighted by molar-refractivity contribution is 5.92. The van der Waals surface area contributed by atoms with Crippen LogP contribution >= 0.6 is 0 Å². The highest BCUT2D eigenvalue weighted by Gasteiger charge is 2.37. The fourth-order valence-corrected chi connectivity index (χ4v) is 3.30. The molecule has 7 heteroatoms. The van der Waals surface area contributed by atoms with Crippen molar-refractivity contribution in [1.29, 1.82) is 0 Å². The lowest BCUT2D eigenvalue weighted by atomic mass is 9.98. The van der Waals surface area contributed by atoms with Gasteiger partial charge in [-0.25, -0.2) is 4.79 Å². The first kappa shape index (κ1) is 27.5. The van der Waals surface area contributed by atoms with Gasteiger partial charge in [-0.1, -0.05) is 38.1 Å². The van der Waals surface area contributed by atoms with Gasteiger partial charge in [0.2, 0.25) is 11.8 Å². The summed E-state index contributed by atoms with van der Waals surface area (Å²) in [6.45, 7) is 16.6. The Morgan fingerprint density at radius 2 is 1.53 bits per heavy atom. The largest absolute Gasteiger partial charge is 0.444 e. The standard InChI is InChI=1S/C25H41N3O4/c1-10-17(5)28(23(30)18(6)27-24(31)32-25(7,8)9)21(22(29)26-16(3)4)20-14-12-19(11-2)13-15-20/h12-18,21H,10-11H2,1-9H3,(H,26,29)(H,27,31). The maximum Gasteiger partial charge on any atom is 0.408 e. The van der Waals surface area contributed by atoms with Gasteiger partial charge >= 0.3 is 6.09 Å². The molecule has 2 N–H and O–H groups in total. The number of ether oxygens (including phenoxy) is 1. The molecule has 0 saturated carbocycles. The van der Waals surface area contributed by atoms with Crippen molar-refractivity contribution in [3.8, 4) is 0 Å². The average molecular weight is 448 g/mol. The van der Waals surface area contributed by atoms with Gasteiger partial charge in [-0.2, -0.15) is 0 Å². The molecule has 0 heterocycles. The quantitative estimate of drug-likeness (QED) is 0.589. The minimum atomic E-state index is -0.858. The number of hydrogen-bond donors (Lipinski definition) is 2. The Balaban J connectivity index is 3.33. The summed E-state index contributed by atoms with van der Waals surface area (Å²) >= 11 is 0. The van der Waals surface area contributed by atoms with E-state index in [0.717, 1.165) is 17.5 Å². The van der Waals surface area contributed by atoms with Crippen molar-refractivity contribution < 1.29 is 19.1 Å². The van der Waals surface area contributed by atoms with Crippen LogP contribution in [0.1, 0.15) is 85.9 Å². The van der Waals surface area contributed by atoms with Crippen molar-refractivity contribution in [2.75, 3.05) is 0 Å². The number of nitrogens with one attached hydrogen (secondary N) is 2. The zero-order valence-electron chi connectivity index (χ0n) is 21.1. The second-order valence-electron chi connectivity index (χ2n) is 9.53. The van der Waals surface area contributed by atoms with E-state index < -0.39 is 23.8 Å². The summed E-state index contributed by atoms with van der Waals surface area (Å²) in [6, 6.07) is 5.79. The van der Waals surface area contributed by atoms with Crippen LogP contribution in [-0.4, -0.2) is 46.5 Å². The third-order valence-corrected chi connectivity index (χ3v) is 5.08. The van der Waals surface area contributed by atoms with Crippen molar-refractivity contribution in [3.63, 3.8) is 0 Å². The lowest BCUT2D eigenvalue weighted by molar-refractivity contribution is -0.145. The Morgan fingerprint density at radius 3 is 1.97 bits per heavy atom. The number of nitrogens with zero attached hydrogens (tertiary/aromatic N) is 1. The van der Waals surface area contributed by atoms with Crippen molar-refractivity contribution in [2.24, 2.45) is 0 Å². The third kappa shape index (κ3) is 8.17. The number of carbonyl (C=O) groups excluding carboxylic acids is 3. The Bertz CT molecular complexity index is 768. The molecule has 0 radical (unpaired) electrons. The Morgan fingerprint density at radius 1 is 0.969 bits per heavy atom. The average Bonchev–Trinajstić information content (AvgIpc) is 2.68. The van der Waals surface area contributed by atoms with Gasteiger partial charge in [-0.15, -0.1) is 0 Å². The monoisotopic (exact) mass is 447 g/mol. The second-order valence-corrected chi connectivity index (χ2v) is 9.53. The van der Waals surface area contributed by atoms with E-state index in [9.17, 15) is 14.4 Å². The second kappa shape index (κ2) is 11.9. The molecule has 0 aliphatic carbocycles. The molecule has 0 spiro atoms. The summed E-state index contributed by atoms with van der Waals surface area (Å²) in [5, 5.41) is 5.57. The maximum absolute atomic E-state index is 13.5. The molecule has 0 aromatic heterocycles. The fourth-order valence-electron chi connectivity index (χ4n) is 3.30. The van der Waals surface area contributed by atoms with E-state index in [0.29, 0.717) is 6.42 Å². The van der Waals surface area contributed by atoms with Gasteiger partial charge < -0.3 is 20.3 Å². The summed E-state index contributed by atoms with van der Waals surface area (Å²) in [5.74, 6) is -0.587. The Hall–Kier alpha value is -2.57. The van der Waals surface area contributed by atoms with Crippen LogP contribution in [0.15, 0.2) is 24.3 Å². The van der Waals surface area contributed by atoms with Gasteiger partial charge in [0.1, 0.15) is 17.7 Å². The summed E-state index contributed by atoms with van der Waals surface area (Å²) in [6.07, 6.45) is 0.870. The van der Waals surface area contributed by atoms with Crippen molar-refractivity contribution in [1.82, 2.24) is 15.5 Å². The molecule has 7 nitrogen and oxygen atoms in total. The molecular weight excluding hydrogens is 406 g/mol. The smallest absolute Gasteiger partial charge is 0.408 e. The van der Waals surface area contributed by atoms with Gasteiger partial charge in [0, 0.05) is 12.1 Å². The van der Waals surface area contributed by atoms with E-state index in [1.54, 1.807) is 32.6 Å². The van der Waals surface area contributed by atoms with Crippen molar-refractivity contribution in [3.05, 3.63) is 35.4 Å². The number of alkyl carbamates (subject to hydrolysis) is 1. The molecule has 1 rings (SSSR count). The number of hydrogen-bond acceptors (Lipinski definition) is 4. The fraction of sp³-hybridized carbons (Fsp3) is 0.640. The topological polar surface area (TPSA) is 87.7 Å². The number of benzene rings is 1. The first-order valence-corrected chi connectivity index (χ1v) is 11.5. The lowest BCUT2D eigenvalue weighted by Gasteiger charge is -2.38. The highest BCUT2D eigenvalue weighted by Crippen LogP contribution is 2.27. The SMILES string of the molecule is CCc1ccc(C(C(=O)NC(C)C)N(C(=O)C(C)NC(=O)OC(C)(C)C)C(C)CC)cc1. The van der Waals surface area contributed by atoms with Crippen LogP contribution in [0.3, 0.4) is 0 Å². The van der Waals surface area contributed by atoms with E-state index in [2.05, 4.69) is 17.6 Å². The van der Waals surface area contributed by atoms with E-state index in [-0.39, 0.29) is 23.9 Å². The van der Waals surface area contributed by atoms with Gasteiger partial charge in [-0.05, 0) is 72.4 Å². The first-order chi connectivity index (χ1) is 14.8. The minimum absolute atomic E-state index is 0.0777. The van der Waals surface area contributed by atoms with Gasteiger partial charge in [0.15, 0.2) is 0 Å². The summed E-state index contributed by atoms with van der Waals surface area (Å²) < 4.78 is 5.30. The Kier molecular flexibility index (Phi) is 10.2. The van der Waals surface area contributed by atoms with E-state index in [4.69, 9.17) is 4.74 Å². The molecule has 0 bridgehead atoms. The van der Waals surface area contributed by atoms with Crippen molar-refractivity contribution >= 4 is 17.9 Å². The molecule has 0 aliphatic rings. The van der Waals surface area contributed by atoms with E-state index in [1.807, 2.05) is 52.0 Å². The molecule has 3 unspecified atom stereocenters. The molecule has 1 aromatic rings. The highest BCUT2D eigenvalue weighted by atomic mass is 16.6. The zero-order valence-corrected chi connectivity index (χ0v) is 21.1. The molecular formula is C25H41N3O4. The predicted molar refractivity (Wildman–Crippen MR) is 127 cm³/mol. The van der Waals surface area contributed by atoms with Crippen LogP contribution in [0.25, 0.3) is 0 Å². The van der Waals surface area contributed by atoms with Crippen LogP contribution in [0.5, 0.6) is 0 Å². The van der Waals surface area contributed by atoms with Crippen LogP contribution in [0, 0.1) is 0 Å².